The summed E-state index contributed by atoms with van der Waals surface area (Å²) in [4.78, 5) is 18.0. The molecule has 240 valence electrons. The Morgan fingerprint density at radius 3 is 1.89 bits per heavy atom. The second-order valence-corrected chi connectivity index (χ2v) is 11.3. The van der Waals surface area contributed by atoms with Gasteiger partial charge in [0.1, 0.15) is 30.2 Å². The highest BCUT2D eigenvalue weighted by Gasteiger charge is 2.46. The number of hydrogen-bond donors (Lipinski definition) is 5. The van der Waals surface area contributed by atoms with Gasteiger partial charge < -0.3 is 34.6 Å². The molecule has 2 fully saturated rings. The molecule has 44 heavy (non-hydrogen) atoms. The number of aromatic amines is 1. The molecular weight excluding hydrogens is 622 g/mol. The first kappa shape index (κ1) is 33.9. The van der Waals surface area contributed by atoms with Gasteiger partial charge in [-0.1, -0.05) is 18.2 Å². The van der Waals surface area contributed by atoms with Crippen LogP contribution in [0, 0.1) is 37.2 Å². The van der Waals surface area contributed by atoms with Crippen LogP contribution in [0.2, 0.25) is 0 Å². The fourth-order valence-electron chi connectivity index (χ4n) is 4.83. The number of halogens is 2. The van der Waals surface area contributed by atoms with Crippen molar-refractivity contribution in [1.82, 2.24) is 19.1 Å². The number of nitrogens with zero attached hydrogens (tertiary/aromatic N) is 3. The Hall–Kier alpha value is -2.96. The van der Waals surface area contributed by atoms with Crippen LogP contribution in [-0.4, -0.2) is 89.5 Å². The molecule has 4 heterocycles. The first-order valence-corrected chi connectivity index (χ1v) is 14.4. The van der Waals surface area contributed by atoms with Crippen LogP contribution in [-0.2, 0) is 9.47 Å². The minimum Gasteiger partial charge on any atom is -0.438 e. The lowest BCUT2D eigenvalue weighted by Crippen LogP contribution is -2.30. The van der Waals surface area contributed by atoms with E-state index in [-0.39, 0.29) is 15.1 Å². The van der Waals surface area contributed by atoms with E-state index < -0.39 is 62.4 Å². The van der Waals surface area contributed by atoms with E-state index in [1.54, 1.807) is 20.0 Å². The van der Waals surface area contributed by atoms with Gasteiger partial charge in [0.25, 0.3) is 5.56 Å². The standard InChI is InChI=1S/C18H21FN2O4S.C10H13FN2O4S/c1-9-5-4-6-10(2)15(9)25-16-11(3)7-21(18(26)20-16)17-13(19)14(23)12(8-22)24-17;1-4-2-13(10(18)12-8(4)16)9-6(11)7(15)5(3-14)17-9/h4-7,12-14,17,22-23H,8H2,1-3H3;2,5-7,9,14-15H,3H2,1H3,(H,12,16,18)/t12-,13+,14?,17-;5-,6+,7?,9-/m00/s1. The van der Waals surface area contributed by atoms with Crippen molar-refractivity contribution in [1.29, 1.82) is 0 Å². The smallest absolute Gasteiger partial charge is 0.254 e. The van der Waals surface area contributed by atoms with E-state index in [1.165, 1.54) is 15.3 Å². The number of ether oxygens (including phenoxy) is 3. The third-order valence-electron chi connectivity index (χ3n) is 7.34. The van der Waals surface area contributed by atoms with Gasteiger partial charge >= 0.3 is 0 Å². The van der Waals surface area contributed by atoms with Crippen LogP contribution in [0.15, 0.2) is 35.4 Å². The second kappa shape index (κ2) is 14.0. The highest BCUT2D eigenvalue weighted by molar-refractivity contribution is 7.71. The SMILES string of the molecule is Cc1cn([C@H]2O[C@@H](CO)C(O)[C@H]2F)c(=S)[nH]c1=O.Cc1cn([C@H]2O[C@@H](CO)C(O)[C@H]2F)c(=S)nc1Oc1c(C)cccc1C. The van der Waals surface area contributed by atoms with Crippen molar-refractivity contribution in [2.75, 3.05) is 13.2 Å². The normalized spacial score (nSPS) is 28.0. The topological polar surface area (TPSA) is 164 Å². The molecule has 2 aliphatic rings. The van der Waals surface area contributed by atoms with Crippen molar-refractivity contribution < 1.29 is 43.4 Å². The number of rotatable bonds is 6. The summed E-state index contributed by atoms with van der Waals surface area (Å²) in [6.07, 6.45) is -7.62. The Morgan fingerprint density at radius 1 is 0.886 bits per heavy atom. The molecule has 2 saturated heterocycles. The van der Waals surface area contributed by atoms with Crippen molar-refractivity contribution in [2.24, 2.45) is 0 Å². The maximum absolute atomic E-state index is 14.4. The molecule has 3 aromatic rings. The number of aromatic nitrogens is 4. The zero-order valence-corrected chi connectivity index (χ0v) is 25.9. The van der Waals surface area contributed by atoms with Crippen molar-refractivity contribution in [3.8, 4) is 11.6 Å². The summed E-state index contributed by atoms with van der Waals surface area (Å²) in [5.74, 6) is 1.03. The molecule has 5 rings (SSSR count). The maximum atomic E-state index is 14.4. The average Bonchev–Trinajstić information content (AvgIpc) is 3.43. The molecule has 5 N–H and O–H groups in total. The molecule has 0 amide bonds. The number of alkyl halides is 2. The van der Waals surface area contributed by atoms with Crippen LogP contribution < -0.4 is 10.3 Å². The Morgan fingerprint density at radius 2 is 1.39 bits per heavy atom. The minimum atomic E-state index is -1.72. The van der Waals surface area contributed by atoms with E-state index in [4.69, 9.17) is 43.8 Å². The summed E-state index contributed by atoms with van der Waals surface area (Å²) in [6.45, 7) is 6.21. The van der Waals surface area contributed by atoms with Gasteiger partial charge in [-0.2, -0.15) is 4.98 Å². The molecule has 0 saturated carbocycles. The van der Waals surface area contributed by atoms with E-state index in [0.29, 0.717) is 22.8 Å². The number of para-hydroxylation sites is 1. The summed E-state index contributed by atoms with van der Waals surface area (Å²) in [7, 11) is 0. The highest BCUT2D eigenvalue weighted by Crippen LogP contribution is 2.34. The van der Waals surface area contributed by atoms with E-state index in [2.05, 4.69) is 9.97 Å². The van der Waals surface area contributed by atoms with Gasteiger partial charge in [0.05, 0.1) is 13.2 Å². The molecule has 0 aliphatic carbocycles. The summed E-state index contributed by atoms with van der Waals surface area (Å²) >= 11 is 10.2. The molecular formula is C28H34F2N4O8S2. The molecule has 8 atom stereocenters. The predicted octanol–water partition coefficient (Wildman–Crippen LogP) is 2.72. The van der Waals surface area contributed by atoms with E-state index in [9.17, 15) is 28.9 Å². The van der Waals surface area contributed by atoms with Crippen molar-refractivity contribution >= 4 is 24.4 Å². The minimum absolute atomic E-state index is 0.00374. The first-order valence-electron chi connectivity index (χ1n) is 13.6. The van der Waals surface area contributed by atoms with Crippen LogP contribution in [0.4, 0.5) is 8.78 Å². The summed E-state index contributed by atoms with van der Waals surface area (Å²) in [6, 6.07) is 5.81. The number of benzene rings is 1. The van der Waals surface area contributed by atoms with Crippen LogP contribution in [0.3, 0.4) is 0 Å². The number of aliphatic hydroxyl groups is 4. The van der Waals surface area contributed by atoms with Crippen LogP contribution >= 0.6 is 24.4 Å². The Balaban J connectivity index is 0.000000215. The summed E-state index contributed by atoms with van der Waals surface area (Å²) in [5.41, 5.74) is 2.56. The van der Waals surface area contributed by atoms with Crippen molar-refractivity contribution in [3.05, 3.63) is 72.7 Å². The van der Waals surface area contributed by atoms with Gasteiger partial charge in [0.2, 0.25) is 10.7 Å². The number of aliphatic hydroxyl groups excluding tert-OH is 4. The van der Waals surface area contributed by atoms with Gasteiger partial charge in [-0.25, -0.2) is 8.78 Å². The molecule has 12 nitrogen and oxygen atoms in total. The Kier molecular flexibility index (Phi) is 10.8. The van der Waals surface area contributed by atoms with E-state index in [1.807, 2.05) is 32.0 Å². The highest BCUT2D eigenvalue weighted by atomic mass is 32.1. The lowest BCUT2D eigenvalue weighted by molar-refractivity contribution is -0.0485. The molecule has 2 unspecified atom stereocenters. The number of H-pyrrole nitrogens is 1. The maximum Gasteiger partial charge on any atom is 0.254 e. The molecule has 16 heteroatoms. The van der Waals surface area contributed by atoms with Gasteiger partial charge in [-0.3, -0.25) is 18.9 Å². The van der Waals surface area contributed by atoms with Crippen LogP contribution in [0.5, 0.6) is 11.6 Å². The molecule has 0 bridgehead atoms. The van der Waals surface area contributed by atoms with Crippen molar-refractivity contribution in [2.45, 2.75) is 76.9 Å². The summed E-state index contributed by atoms with van der Waals surface area (Å²) in [5, 5.41) is 37.5. The van der Waals surface area contributed by atoms with Gasteiger partial charge in [0, 0.05) is 23.5 Å². The quantitative estimate of drug-likeness (QED) is 0.248. The molecule has 0 spiro atoms. The van der Waals surface area contributed by atoms with Crippen LogP contribution in [0.1, 0.15) is 34.7 Å². The van der Waals surface area contributed by atoms with Crippen LogP contribution in [0.25, 0.3) is 0 Å². The van der Waals surface area contributed by atoms with E-state index >= 15 is 0 Å². The number of aryl methyl sites for hydroxylation is 4. The van der Waals surface area contributed by atoms with E-state index in [0.717, 1.165) is 11.1 Å². The second-order valence-electron chi connectivity index (χ2n) is 10.6. The fraction of sp³-hybridized carbons (Fsp3) is 0.500. The third-order valence-corrected chi connectivity index (χ3v) is 7.95. The largest absolute Gasteiger partial charge is 0.438 e. The van der Waals surface area contributed by atoms with Gasteiger partial charge in [0.15, 0.2) is 29.6 Å². The third kappa shape index (κ3) is 6.82. The Labute approximate surface area is 261 Å². The molecule has 0 radical (unpaired) electrons. The Bertz CT molecular complexity index is 1650. The fourth-order valence-corrected chi connectivity index (χ4v) is 5.32. The zero-order valence-electron chi connectivity index (χ0n) is 24.3. The molecule has 1 aromatic carbocycles. The summed E-state index contributed by atoms with van der Waals surface area (Å²) < 4.78 is 47.4. The van der Waals surface area contributed by atoms with Gasteiger partial charge in [-0.15, -0.1) is 0 Å². The lowest BCUT2D eigenvalue weighted by atomic mass is 10.1. The lowest BCUT2D eigenvalue weighted by Gasteiger charge is -2.19. The monoisotopic (exact) mass is 656 g/mol. The first-order chi connectivity index (χ1) is 20.8. The van der Waals surface area contributed by atoms with Gasteiger partial charge in [-0.05, 0) is 63.3 Å². The average molecular weight is 657 g/mol. The number of nitrogens with one attached hydrogen (secondary N) is 1. The zero-order chi connectivity index (χ0) is 32.5. The predicted molar refractivity (Wildman–Crippen MR) is 158 cm³/mol. The molecule has 2 aromatic heterocycles. The molecule has 2 aliphatic heterocycles. The van der Waals surface area contributed by atoms with Crippen molar-refractivity contribution in [3.63, 3.8) is 0 Å². The number of hydrogen-bond acceptors (Lipinski definition) is 11.